The van der Waals surface area contributed by atoms with Gasteiger partial charge < -0.3 is 14.4 Å². The summed E-state index contributed by atoms with van der Waals surface area (Å²) >= 11 is 1.67. The fourth-order valence-electron chi connectivity index (χ4n) is 3.42. The standard InChI is InChI=1S/C26H30N2O2S/c1-19-7-6-8-20(2)25(19)27-26(31-5)28(17-21-9-13-23(29-3)14-10-21)18-22-11-15-24(30-4)16-12-22/h6-16H,17-18H2,1-5H3. The Balaban J connectivity index is 1.96. The molecule has 0 aliphatic rings. The molecule has 0 amide bonds. The molecule has 0 aliphatic heterocycles. The molecule has 3 aromatic rings. The molecule has 3 aromatic carbocycles. The highest BCUT2D eigenvalue weighted by molar-refractivity contribution is 8.13. The first-order chi connectivity index (χ1) is 15.0. The Hall–Kier alpha value is -2.92. The molecular weight excluding hydrogens is 404 g/mol. The predicted molar refractivity (Wildman–Crippen MR) is 132 cm³/mol. The monoisotopic (exact) mass is 434 g/mol. The number of hydrogen-bond acceptors (Lipinski definition) is 4. The number of aryl methyl sites for hydroxylation is 2. The smallest absolute Gasteiger partial charge is 0.164 e. The van der Waals surface area contributed by atoms with Crippen LogP contribution in [-0.2, 0) is 13.1 Å². The largest absolute Gasteiger partial charge is 0.497 e. The number of nitrogens with zero attached hydrogens (tertiary/aromatic N) is 2. The minimum Gasteiger partial charge on any atom is -0.497 e. The molecule has 0 atom stereocenters. The van der Waals surface area contributed by atoms with Gasteiger partial charge in [0.15, 0.2) is 5.17 Å². The van der Waals surface area contributed by atoms with Crippen molar-refractivity contribution in [3.8, 4) is 11.5 Å². The molecule has 0 aliphatic carbocycles. The van der Waals surface area contributed by atoms with E-state index in [-0.39, 0.29) is 0 Å². The molecule has 0 unspecified atom stereocenters. The summed E-state index contributed by atoms with van der Waals surface area (Å²) in [7, 11) is 3.38. The van der Waals surface area contributed by atoms with Gasteiger partial charge in [0, 0.05) is 13.1 Å². The zero-order chi connectivity index (χ0) is 22.2. The average molecular weight is 435 g/mol. The lowest BCUT2D eigenvalue weighted by Crippen LogP contribution is -2.27. The summed E-state index contributed by atoms with van der Waals surface area (Å²) in [5.41, 5.74) is 5.82. The van der Waals surface area contributed by atoms with Gasteiger partial charge in [0.2, 0.25) is 0 Å². The third-order valence-electron chi connectivity index (χ3n) is 5.17. The lowest BCUT2D eigenvalue weighted by Gasteiger charge is -2.26. The number of hydrogen-bond donors (Lipinski definition) is 0. The van der Waals surface area contributed by atoms with E-state index in [1.54, 1.807) is 26.0 Å². The first-order valence-corrected chi connectivity index (χ1v) is 11.5. The van der Waals surface area contributed by atoms with Crippen LogP contribution < -0.4 is 9.47 Å². The van der Waals surface area contributed by atoms with Gasteiger partial charge in [-0.25, -0.2) is 4.99 Å². The zero-order valence-corrected chi connectivity index (χ0v) is 19.7. The molecule has 31 heavy (non-hydrogen) atoms. The fraction of sp³-hybridized carbons (Fsp3) is 0.269. The van der Waals surface area contributed by atoms with Crippen LogP contribution in [0.15, 0.2) is 71.7 Å². The molecular formula is C26H30N2O2S. The van der Waals surface area contributed by atoms with E-state index in [4.69, 9.17) is 14.5 Å². The van der Waals surface area contributed by atoms with E-state index in [0.717, 1.165) is 35.4 Å². The Kier molecular flexibility index (Phi) is 8.01. The van der Waals surface area contributed by atoms with E-state index in [1.165, 1.54) is 22.3 Å². The number of aliphatic imine (C=N–C) groups is 1. The number of rotatable bonds is 7. The maximum atomic E-state index is 5.31. The third-order valence-corrected chi connectivity index (χ3v) is 5.88. The second-order valence-electron chi connectivity index (χ2n) is 7.39. The quantitative estimate of drug-likeness (QED) is 0.319. The summed E-state index contributed by atoms with van der Waals surface area (Å²) < 4.78 is 10.6. The van der Waals surface area contributed by atoms with E-state index in [1.807, 2.05) is 24.3 Å². The highest BCUT2D eigenvalue weighted by Crippen LogP contribution is 2.27. The maximum absolute atomic E-state index is 5.31. The summed E-state index contributed by atoms with van der Waals surface area (Å²) in [4.78, 5) is 7.41. The second-order valence-corrected chi connectivity index (χ2v) is 8.16. The summed E-state index contributed by atoms with van der Waals surface area (Å²) in [5.74, 6) is 1.72. The van der Waals surface area contributed by atoms with Crippen molar-refractivity contribution >= 4 is 22.6 Å². The van der Waals surface area contributed by atoms with Crippen LogP contribution in [0.2, 0.25) is 0 Å². The first-order valence-electron chi connectivity index (χ1n) is 10.2. The molecule has 162 valence electrons. The van der Waals surface area contributed by atoms with Crippen LogP contribution in [0.25, 0.3) is 0 Å². The molecule has 0 saturated carbocycles. The van der Waals surface area contributed by atoms with E-state index in [2.05, 4.69) is 67.5 Å². The summed E-state index contributed by atoms with van der Waals surface area (Å²) in [5, 5.41) is 0.990. The van der Waals surface area contributed by atoms with Crippen molar-refractivity contribution < 1.29 is 9.47 Å². The van der Waals surface area contributed by atoms with Crippen molar-refractivity contribution in [2.75, 3.05) is 20.5 Å². The van der Waals surface area contributed by atoms with Gasteiger partial charge in [0.25, 0.3) is 0 Å². The van der Waals surface area contributed by atoms with Crippen molar-refractivity contribution in [3.05, 3.63) is 89.0 Å². The van der Waals surface area contributed by atoms with E-state index < -0.39 is 0 Å². The Morgan fingerprint density at radius 2 is 1.23 bits per heavy atom. The number of methoxy groups -OCH3 is 2. The summed E-state index contributed by atoms with van der Waals surface area (Å²) in [6.07, 6.45) is 2.08. The van der Waals surface area contributed by atoms with Crippen molar-refractivity contribution in [1.29, 1.82) is 0 Å². The third kappa shape index (κ3) is 6.05. The van der Waals surface area contributed by atoms with Crippen LogP contribution in [0, 0.1) is 13.8 Å². The van der Waals surface area contributed by atoms with Crippen LogP contribution >= 0.6 is 11.8 Å². The molecule has 3 rings (SSSR count). The normalized spacial score (nSPS) is 11.3. The molecule has 0 N–H and O–H groups in total. The van der Waals surface area contributed by atoms with Crippen LogP contribution in [0.4, 0.5) is 5.69 Å². The minimum atomic E-state index is 0.751. The predicted octanol–water partition coefficient (Wildman–Crippen LogP) is 6.37. The van der Waals surface area contributed by atoms with E-state index in [9.17, 15) is 0 Å². The maximum Gasteiger partial charge on any atom is 0.164 e. The van der Waals surface area contributed by atoms with Gasteiger partial charge >= 0.3 is 0 Å². The lowest BCUT2D eigenvalue weighted by molar-refractivity contribution is 0.405. The van der Waals surface area contributed by atoms with Crippen LogP contribution in [-0.4, -0.2) is 30.5 Å². The van der Waals surface area contributed by atoms with Crippen LogP contribution in [0.3, 0.4) is 0 Å². The number of para-hydroxylation sites is 1. The number of amidine groups is 1. The molecule has 0 heterocycles. The van der Waals surface area contributed by atoms with Crippen LogP contribution in [0.5, 0.6) is 11.5 Å². The highest BCUT2D eigenvalue weighted by atomic mass is 32.2. The Labute approximate surface area is 189 Å². The van der Waals surface area contributed by atoms with E-state index in [0.29, 0.717) is 0 Å². The van der Waals surface area contributed by atoms with Gasteiger partial charge in [0.1, 0.15) is 11.5 Å². The van der Waals surface area contributed by atoms with Crippen LogP contribution in [0.1, 0.15) is 22.3 Å². The molecule has 5 heteroatoms. The topological polar surface area (TPSA) is 34.1 Å². The number of ether oxygens (including phenoxy) is 2. The van der Waals surface area contributed by atoms with Gasteiger partial charge in [-0.2, -0.15) is 0 Å². The highest BCUT2D eigenvalue weighted by Gasteiger charge is 2.14. The Morgan fingerprint density at radius 1 is 0.774 bits per heavy atom. The second kappa shape index (κ2) is 10.9. The van der Waals surface area contributed by atoms with Gasteiger partial charge in [0.05, 0.1) is 19.9 Å². The van der Waals surface area contributed by atoms with Gasteiger partial charge in [-0.1, -0.05) is 54.2 Å². The average Bonchev–Trinajstić information content (AvgIpc) is 2.79. The lowest BCUT2D eigenvalue weighted by atomic mass is 10.1. The van der Waals surface area contributed by atoms with Crippen molar-refractivity contribution in [2.24, 2.45) is 4.99 Å². The van der Waals surface area contributed by atoms with Crippen molar-refractivity contribution in [3.63, 3.8) is 0 Å². The SMILES string of the molecule is COc1ccc(CN(Cc2ccc(OC)cc2)C(=Nc2c(C)cccc2C)SC)cc1. The minimum absolute atomic E-state index is 0.751. The van der Waals surface area contributed by atoms with Gasteiger partial charge in [-0.15, -0.1) is 0 Å². The fourth-order valence-corrected chi connectivity index (χ4v) is 3.99. The molecule has 0 radical (unpaired) electrons. The summed E-state index contributed by atoms with van der Waals surface area (Å²) in [6.45, 7) is 5.73. The van der Waals surface area contributed by atoms with Crippen molar-refractivity contribution in [1.82, 2.24) is 4.90 Å². The Morgan fingerprint density at radius 3 is 1.61 bits per heavy atom. The zero-order valence-electron chi connectivity index (χ0n) is 18.9. The van der Waals surface area contributed by atoms with Gasteiger partial charge in [-0.05, 0) is 66.6 Å². The van der Waals surface area contributed by atoms with E-state index >= 15 is 0 Å². The molecule has 4 nitrogen and oxygen atoms in total. The molecule has 0 aromatic heterocycles. The number of benzene rings is 3. The molecule has 0 spiro atoms. The Bertz CT molecular complexity index is 945. The summed E-state index contributed by atoms with van der Waals surface area (Å²) in [6, 6.07) is 22.7. The first kappa shape index (κ1) is 22.8. The molecule has 0 fully saturated rings. The number of thioether (sulfide) groups is 1. The van der Waals surface area contributed by atoms with Crippen molar-refractivity contribution in [2.45, 2.75) is 26.9 Å². The van der Waals surface area contributed by atoms with Gasteiger partial charge in [-0.3, -0.25) is 0 Å². The molecule has 0 bridgehead atoms. The molecule has 0 saturated heterocycles.